The van der Waals surface area contributed by atoms with Crippen LogP contribution in [-0.2, 0) is 6.54 Å². The molecule has 8 nitrogen and oxygen atoms in total. The summed E-state index contributed by atoms with van der Waals surface area (Å²) in [6.07, 6.45) is 2.38. The van der Waals surface area contributed by atoms with Gasteiger partial charge < -0.3 is 15.4 Å². The molecule has 108 valence electrons. The molecule has 8 heteroatoms. The van der Waals surface area contributed by atoms with Crippen molar-refractivity contribution in [3.05, 3.63) is 24.5 Å². The second kappa shape index (κ2) is 6.49. The van der Waals surface area contributed by atoms with E-state index in [9.17, 15) is 0 Å². The summed E-state index contributed by atoms with van der Waals surface area (Å²) < 4.78 is 1.95. The molecule has 0 atom stereocenters. The number of anilines is 1. The van der Waals surface area contributed by atoms with Crippen molar-refractivity contribution in [2.75, 3.05) is 12.0 Å². The number of hydrogen-bond acceptors (Lipinski definition) is 6. The van der Waals surface area contributed by atoms with Crippen LogP contribution in [0.1, 0.15) is 6.42 Å². The van der Waals surface area contributed by atoms with Crippen LogP contribution in [0.3, 0.4) is 0 Å². The number of aliphatic hydroxyl groups excluding tert-OH is 1. The Morgan fingerprint density at radius 1 is 1.57 bits per heavy atom. The predicted octanol–water partition coefficient (Wildman–Crippen LogP) is 0.646. The van der Waals surface area contributed by atoms with Gasteiger partial charge in [0.1, 0.15) is 6.07 Å². The first-order chi connectivity index (χ1) is 10.2. The van der Waals surface area contributed by atoms with Crippen LogP contribution in [0.25, 0.3) is 11.0 Å². The lowest BCUT2D eigenvalue weighted by Gasteiger charge is -2.04. The lowest BCUT2D eigenvalue weighted by atomic mass is 10.2. The van der Waals surface area contributed by atoms with Gasteiger partial charge in [0.25, 0.3) is 0 Å². The number of aromatic nitrogens is 2. The number of amidine groups is 1. The molecule has 0 aliphatic carbocycles. The number of nitrogens with zero attached hydrogens (tertiary/aromatic N) is 4. The molecule has 2 aromatic rings. The highest BCUT2D eigenvalue weighted by Crippen LogP contribution is 2.18. The largest absolute Gasteiger partial charge is 0.396 e. The number of imidazole rings is 1. The van der Waals surface area contributed by atoms with Gasteiger partial charge in [-0.15, -0.1) is 0 Å². The SMILES string of the molecule is N#C/C(=N\Nc1ccc2c(c1)ncn2CCCO)C(=N)N. The monoisotopic (exact) mass is 285 g/mol. The molecule has 0 aliphatic rings. The Balaban J connectivity index is 2.20. The van der Waals surface area contributed by atoms with Gasteiger partial charge in [-0.2, -0.15) is 10.4 Å². The van der Waals surface area contributed by atoms with Gasteiger partial charge in [-0.05, 0) is 24.6 Å². The molecule has 0 radical (unpaired) electrons. The number of fused-ring (bicyclic) bond motifs is 1. The summed E-state index contributed by atoms with van der Waals surface area (Å²) in [7, 11) is 0. The van der Waals surface area contributed by atoms with Gasteiger partial charge in [0, 0.05) is 13.2 Å². The molecule has 0 fully saturated rings. The van der Waals surface area contributed by atoms with Gasteiger partial charge in [0.2, 0.25) is 5.71 Å². The highest BCUT2D eigenvalue weighted by molar-refractivity contribution is 6.45. The van der Waals surface area contributed by atoms with Gasteiger partial charge in [-0.1, -0.05) is 0 Å². The van der Waals surface area contributed by atoms with Crippen LogP contribution in [-0.4, -0.2) is 32.8 Å². The Bertz CT molecular complexity index is 726. The summed E-state index contributed by atoms with van der Waals surface area (Å²) in [6.45, 7) is 0.830. The molecule has 2 rings (SSSR count). The van der Waals surface area contributed by atoms with Gasteiger partial charge in [-0.25, -0.2) is 4.98 Å². The zero-order valence-corrected chi connectivity index (χ0v) is 11.2. The molecule has 0 saturated heterocycles. The van der Waals surface area contributed by atoms with Gasteiger partial charge >= 0.3 is 0 Å². The molecule has 0 spiro atoms. The van der Waals surface area contributed by atoms with Crippen LogP contribution in [0.5, 0.6) is 0 Å². The Morgan fingerprint density at radius 3 is 3.05 bits per heavy atom. The second-order valence-corrected chi connectivity index (χ2v) is 4.32. The van der Waals surface area contributed by atoms with Crippen molar-refractivity contribution in [1.29, 1.82) is 10.7 Å². The molecule has 0 saturated carbocycles. The fraction of sp³-hybridized carbons (Fsp3) is 0.231. The van der Waals surface area contributed by atoms with Crippen molar-refractivity contribution < 1.29 is 5.11 Å². The second-order valence-electron chi connectivity index (χ2n) is 4.32. The van der Waals surface area contributed by atoms with Crippen LogP contribution in [0.15, 0.2) is 29.6 Å². The topological polar surface area (TPSA) is 136 Å². The van der Waals surface area contributed by atoms with E-state index in [4.69, 9.17) is 21.5 Å². The maximum Gasteiger partial charge on any atom is 0.201 e. The van der Waals surface area contributed by atoms with E-state index in [0.29, 0.717) is 18.7 Å². The Morgan fingerprint density at radius 2 is 2.38 bits per heavy atom. The number of nitrogens with one attached hydrogen (secondary N) is 2. The van der Waals surface area contributed by atoms with E-state index in [1.807, 2.05) is 10.6 Å². The van der Waals surface area contributed by atoms with Crippen molar-refractivity contribution in [3.63, 3.8) is 0 Å². The molecule has 5 N–H and O–H groups in total. The first-order valence-electron chi connectivity index (χ1n) is 6.29. The first-order valence-corrected chi connectivity index (χ1v) is 6.29. The van der Waals surface area contributed by atoms with Crippen molar-refractivity contribution in [2.24, 2.45) is 10.8 Å². The van der Waals surface area contributed by atoms with E-state index in [1.54, 1.807) is 24.5 Å². The van der Waals surface area contributed by atoms with Crippen LogP contribution < -0.4 is 11.2 Å². The van der Waals surface area contributed by atoms with Crippen molar-refractivity contribution in [2.45, 2.75) is 13.0 Å². The molecule has 0 bridgehead atoms. The van der Waals surface area contributed by atoms with E-state index >= 15 is 0 Å². The summed E-state index contributed by atoms with van der Waals surface area (Å²) in [6, 6.07) is 7.17. The highest BCUT2D eigenvalue weighted by atomic mass is 16.3. The zero-order chi connectivity index (χ0) is 15.2. The molecule has 1 aromatic carbocycles. The van der Waals surface area contributed by atoms with Gasteiger partial charge in [-0.3, -0.25) is 10.8 Å². The first kappa shape index (κ1) is 14.5. The number of aryl methyl sites for hydroxylation is 1. The molecular weight excluding hydrogens is 270 g/mol. The number of nitriles is 1. The summed E-state index contributed by atoms with van der Waals surface area (Å²) in [5, 5.41) is 28.5. The minimum absolute atomic E-state index is 0.135. The van der Waals surface area contributed by atoms with E-state index in [0.717, 1.165) is 11.0 Å². The number of hydrazone groups is 1. The molecule has 0 unspecified atom stereocenters. The summed E-state index contributed by atoms with van der Waals surface area (Å²) in [4.78, 5) is 4.28. The fourth-order valence-corrected chi connectivity index (χ4v) is 1.82. The van der Waals surface area contributed by atoms with Crippen molar-refractivity contribution in [1.82, 2.24) is 9.55 Å². The number of benzene rings is 1. The fourth-order valence-electron chi connectivity index (χ4n) is 1.82. The number of rotatable bonds is 6. The summed E-state index contributed by atoms with van der Waals surface area (Å²) >= 11 is 0. The normalized spacial score (nSPS) is 11.3. The summed E-state index contributed by atoms with van der Waals surface area (Å²) in [5.74, 6) is -0.389. The third kappa shape index (κ3) is 3.34. The lowest BCUT2D eigenvalue weighted by molar-refractivity contribution is 0.280. The molecule has 0 aliphatic heterocycles. The molecule has 21 heavy (non-hydrogen) atoms. The van der Waals surface area contributed by atoms with Gasteiger partial charge in [0.15, 0.2) is 5.84 Å². The number of nitrogens with two attached hydrogens (primary N) is 1. The van der Waals surface area contributed by atoms with Gasteiger partial charge in [0.05, 0.1) is 23.0 Å². The molecule has 1 heterocycles. The average Bonchev–Trinajstić information content (AvgIpc) is 2.87. The van der Waals surface area contributed by atoms with Crippen LogP contribution in [0.4, 0.5) is 5.69 Å². The quantitative estimate of drug-likeness (QED) is 0.351. The van der Waals surface area contributed by atoms with Crippen LogP contribution in [0, 0.1) is 16.7 Å². The molecule has 1 aromatic heterocycles. The minimum atomic E-state index is -0.389. The van der Waals surface area contributed by atoms with E-state index < -0.39 is 0 Å². The van der Waals surface area contributed by atoms with E-state index in [-0.39, 0.29) is 18.2 Å². The molecule has 0 amide bonds. The average molecular weight is 285 g/mol. The molecular formula is C13H15N7O. The van der Waals surface area contributed by atoms with Crippen molar-refractivity contribution >= 4 is 28.3 Å². The summed E-state index contributed by atoms with van der Waals surface area (Å²) in [5.41, 5.74) is 10.1. The number of hydrogen-bond donors (Lipinski definition) is 4. The van der Waals surface area contributed by atoms with E-state index in [2.05, 4.69) is 15.5 Å². The third-order valence-corrected chi connectivity index (χ3v) is 2.84. The standard InChI is InChI=1S/C13H15N7O/c14-7-11(13(15)16)19-18-9-2-3-12-10(6-9)17-8-20(12)4-1-5-21/h2-3,6,8,18,21H,1,4-5H2,(H3,15,16)/b19-11+. The number of aliphatic hydroxyl groups is 1. The minimum Gasteiger partial charge on any atom is -0.396 e. The van der Waals surface area contributed by atoms with Crippen molar-refractivity contribution in [3.8, 4) is 6.07 Å². The van der Waals surface area contributed by atoms with E-state index in [1.165, 1.54) is 0 Å². The Labute approximate surface area is 121 Å². The van der Waals surface area contributed by atoms with Crippen LogP contribution >= 0.6 is 0 Å². The predicted molar refractivity (Wildman–Crippen MR) is 80.0 cm³/mol. The third-order valence-electron chi connectivity index (χ3n) is 2.84. The zero-order valence-electron chi connectivity index (χ0n) is 11.2. The smallest absolute Gasteiger partial charge is 0.201 e. The Hall–Kier alpha value is -2.92. The maximum atomic E-state index is 8.86. The lowest BCUT2D eigenvalue weighted by Crippen LogP contribution is -2.21. The van der Waals surface area contributed by atoms with Crippen LogP contribution in [0.2, 0.25) is 0 Å². The maximum absolute atomic E-state index is 8.86. The highest BCUT2D eigenvalue weighted by Gasteiger charge is 2.04. The Kier molecular flexibility index (Phi) is 4.48.